The SMILES string of the molecule is CN1CC[CH-]CC1.C[C@@H]1[C@@H](C)CCC[C@H](C=O)[C@@H]2CC[C@H]2CN2C[C@@]3(CCCc4cc(Cl)ccc43)COc3ccc(cc32)C(=O)NS1(=O)=O.[Cl-].[Mg+2]. The zero-order valence-electron chi connectivity index (χ0n) is 30.4. The van der Waals surface area contributed by atoms with Crippen molar-refractivity contribution >= 4 is 62.6 Å². The number of rotatable bonds is 1. The summed E-state index contributed by atoms with van der Waals surface area (Å²) in [5.41, 5.74) is 3.37. The van der Waals surface area contributed by atoms with E-state index in [2.05, 4.69) is 40.1 Å². The molecule has 0 unspecified atom stereocenters. The molecule has 2 aromatic carbocycles. The van der Waals surface area contributed by atoms with Crippen LogP contribution in [0.1, 0.15) is 93.1 Å². The molecule has 2 aromatic rings. The van der Waals surface area contributed by atoms with Crippen molar-refractivity contribution in [3.63, 3.8) is 0 Å². The van der Waals surface area contributed by atoms with Crippen LogP contribution in [0.5, 0.6) is 5.75 Å². The molecule has 5 aliphatic rings. The third-order valence-corrected chi connectivity index (χ3v) is 14.3. The molecule has 0 radical (unpaired) electrons. The molecule has 276 valence electrons. The van der Waals surface area contributed by atoms with Gasteiger partial charge in [-0.05, 0) is 131 Å². The van der Waals surface area contributed by atoms with E-state index in [1.807, 2.05) is 13.0 Å². The van der Waals surface area contributed by atoms with Gasteiger partial charge in [-0.15, -0.1) is 0 Å². The summed E-state index contributed by atoms with van der Waals surface area (Å²) < 4.78 is 35.3. The molecule has 2 bridgehead atoms. The van der Waals surface area contributed by atoms with Crippen LogP contribution in [-0.2, 0) is 26.7 Å². The van der Waals surface area contributed by atoms with Crippen molar-refractivity contribution in [1.82, 2.24) is 9.62 Å². The Labute approximate surface area is 332 Å². The Kier molecular flexibility index (Phi) is 15.0. The summed E-state index contributed by atoms with van der Waals surface area (Å²) in [5.74, 6) is 0.559. The largest absolute Gasteiger partial charge is 2.00 e. The first-order chi connectivity index (χ1) is 23.5. The van der Waals surface area contributed by atoms with Crippen molar-refractivity contribution in [3.05, 3.63) is 64.5 Å². The monoisotopic (exact) mass is 769 g/mol. The van der Waals surface area contributed by atoms with Crippen LogP contribution in [0.2, 0.25) is 5.02 Å². The van der Waals surface area contributed by atoms with Gasteiger partial charge in [0.25, 0.3) is 5.91 Å². The average Bonchev–Trinajstić information content (AvgIpc) is 3.22. The number of benzene rings is 2. The molecule has 1 saturated carbocycles. The van der Waals surface area contributed by atoms with E-state index in [0.717, 1.165) is 68.5 Å². The van der Waals surface area contributed by atoms with Crippen LogP contribution in [-0.4, -0.2) is 93.6 Å². The van der Waals surface area contributed by atoms with E-state index in [1.165, 1.54) is 37.1 Å². The minimum Gasteiger partial charge on any atom is -1.00 e. The average molecular weight is 771 g/mol. The van der Waals surface area contributed by atoms with Gasteiger partial charge in [0, 0.05) is 35.0 Å². The first kappa shape index (κ1) is 42.2. The first-order valence-electron chi connectivity index (χ1n) is 18.3. The molecule has 3 aliphatic heterocycles. The molecule has 6 atom stereocenters. The zero-order chi connectivity index (χ0) is 34.8. The molecule has 0 aromatic heterocycles. The smallest absolute Gasteiger partial charge is 1.00 e. The number of fused-ring (bicyclic) bond motifs is 4. The molecule has 7 rings (SSSR count). The molecular formula is C39H53Cl2MgN3O5S. The Morgan fingerprint density at radius 3 is 2.47 bits per heavy atom. The second kappa shape index (κ2) is 18.2. The van der Waals surface area contributed by atoms with Crippen molar-refractivity contribution in [2.24, 2.45) is 23.7 Å². The van der Waals surface area contributed by atoms with E-state index in [-0.39, 0.29) is 52.7 Å². The van der Waals surface area contributed by atoms with Gasteiger partial charge in [-0.25, -0.2) is 13.1 Å². The van der Waals surface area contributed by atoms with Gasteiger partial charge in [0.1, 0.15) is 12.0 Å². The van der Waals surface area contributed by atoms with Crippen LogP contribution in [0.25, 0.3) is 0 Å². The maximum Gasteiger partial charge on any atom is 2.00 e. The van der Waals surface area contributed by atoms with Gasteiger partial charge in [0.15, 0.2) is 0 Å². The number of carbonyl (C=O) groups is 2. The Morgan fingerprint density at radius 1 is 1.04 bits per heavy atom. The van der Waals surface area contributed by atoms with Crippen molar-refractivity contribution in [2.75, 3.05) is 44.7 Å². The molecular weight excluding hydrogens is 718 g/mol. The number of carbonyl (C=O) groups excluding carboxylic acids is 2. The van der Waals surface area contributed by atoms with Crippen LogP contribution < -0.4 is 26.8 Å². The minimum absolute atomic E-state index is 0. The third kappa shape index (κ3) is 9.58. The van der Waals surface area contributed by atoms with E-state index in [0.29, 0.717) is 42.7 Å². The molecule has 1 saturated heterocycles. The summed E-state index contributed by atoms with van der Waals surface area (Å²) in [6.07, 6.45) is 13.4. The van der Waals surface area contributed by atoms with Gasteiger partial charge in [-0.2, -0.15) is 12.8 Å². The minimum atomic E-state index is -3.89. The van der Waals surface area contributed by atoms with E-state index < -0.39 is 21.2 Å². The summed E-state index contributed by atoms with van der Waals surface area (Å²) in [7, 11) is -1.72. The fraction of sp³-hybridized carbons (Fsp3) is 0.615. The fourth-order valence-corrected chi connectivity index (χ4v) is 10.2. The Bertz CT molecular complexity index is 1620. The van der Waals surface area contributed by atoms with Crippen molar-refractivity contribution in [3.8, 4) is 5.75 Å². The number of piperidine rings is 1. The van der Waals surface area contributed by atoms with Crippen molar-refractivity contribution in [2.45, 2.75) is 88.7 Å². The topological polar surface area (TPSA) is 96.0 Å². The van der Waals surface area contributed by atoms with Crippen LogP contribution in [0, 0.1) is 30.1 Å². The number of nitrogens with zero attached hydrogens (tertiary/aromatic N) is 2. The molecule has 3 heterocycles. The summed E-state index contributed by atoms with van der Waals surface area (Å²) in [6.45, 7) is 8.06. The van der Waals surface area contributed by atoms with E-state index >= 15 is 0 Å². The van der Waals surface area contributed by atoms with Gasteiger partial charge in [0.2, 0.25) is 10.0 Å². The number of ether oxygens (including phenoxy) is 1. The number of hydrogen-bond donors (Lipinski definition) is 1. The fourth-order valence-electron chi connectivity index (χ4n) is 8.68. The van der Waals surface area contributed by atoms with Crippen molar-refractivity contribution < 1.29 is 35.2 Å². The van der Waals surface area contributed by atoms with Crippen LogP contribution in [0.15, 0.2) is 36.4 Å². The number of nitrogens with one attached hydrogen (secondary N) is 1. The quantitative estimate of drug-likeness (QED) is 0.270. The van der Waals surface area contributed by atoms with Gasteiger partial charge < -0.3 is 38.2 Å². The number of anilines is 1. The number of aldehydes is 1. The standard InChI is InChI=1S/C33H41ClN2O5S.C6H12N.ClH.Mg/c1-21-5-3-6-26(18-37)28-11-8-25(28)17-36-19-33(14-4-7-23-15-27(34)10-12-29(23)33)20-41-31-13-9-24(16-30(31)36)32(38)35-42(39,40)22(21)2;1-7-5-3-2-4-6-7;;/h9-10,12-13,15-16,18,21-22,25-26,28H,3-8,11,14,17,19-20H2,1-2H3,(H,35,38);2H,3-6H2,1H3;1H;/q;-1;;+2/p-1/t21-,22+,25-,26+,28+,33-;;;/m0.../s1. The number of aryl methyl sites for hydroxylation is 1. The maximum atomic E-state index is 13.3. The van der Waals surface area contributed by atoms with Gasteiger partial charge in [-0.1, -0.05) is 31.0 Å². The molecule has 1 spiro atoms. The number of hydrogen-bond acceptors (Lipinski definition) is 7. The zero-order valence-corrected chi connectivity index (χ0v) is 34.2. The number of amides is 1. The Morgan fingerprint density at radius 2 is 1.80 bits per heavy atom. The summed E-state index contributed by atoms with van der Waals surface area (Å²) in [5, 5.41) is 0.000975. The second-order valence-electron chi connectivity index (χ2n) is 15.3. The second-order valence-corrected chi connectivity index (χ2v) is 17.8. The number of sulfonamides is 1. The number of halogens is 2. The molecule has 12 heteroatoms. The predicted molar refractivity (Wildman–Crippen MR) is 202 cm³/mol. The summed E-state index contributed by atoms with van der Waals surface area (Å²) in [4.78, 5) is 30.4. The van der Waals surface area contributed by atoms with Crippen LogP contribution in [0.4, 0.5) is 5.69 Å². The molecule has 8 nitrogen and oxygen atoms in total. The Hall–Kier alpha value is -1.56. The van der Waals surface area contributed by atoms with Crippen LogP contribution >= 0.6 is 11.6 Å². The maximum absolute atomic E-state index is 13.3. The van der Waals surface area contributed by atoms with Crippen molar-refractivity contribution in [1.29, 1.82) is 0 Å². The normalized spacial score (nSPS) is 30.5. The van der Waals surface area contributed by atoms with Gasteiger partial charge in [-0.3, -0.25) is 4.79 Å². The summed E-state index contributed by atoms with van der Waals surface area (Å²) >= 11 is 6.39. The molecule has 2 fully saturated rings. The predicted octanol–water partition coefficient (Wildman–Crippen LogP) is 3.46. The van der Waals surface area contributed by atoms with Gasteiger partial charge >= 0.3 is 23.1 Å². The molecule has 2 aliphatic carbocycles. The molecule has 51 heavy (non-hydrogen) atoms. The van der Waals surface area contributed by atoms with E-state index in [1.54, 1.807) is 25.1 Å². The summed E-state index contributed by atoms with van der Waals surface area (Å²) in [6, 6.07) is 11.4. The third-order valence-electron chi connectivity index (χ3n) is 12.1. The van der Waals surface area contributed by atoms with E-state index in [4.69, 9.17) is 16.3 Å². The number of likely N-dealkylation sites (tertiary alicyclic amines) is 1. The van der Waals surface area contributed by atoms with Crippen LogP contribution in [0.3, 0.4) is 0 Å². The first-order valence-corrected chi connectivity index (χ1v) is 20.2. The molecule has 1 N–H and O–H groups in total. The van der Waals surface area contributed by atoms with E-state index in [9.17, 15) is 18.0 Å². The van der Waals surface area contributed by atoms with Gasteiger partial charge in [0.05, 0.1) is 17.5 Å². The Balaban J connectivity index is 0.000000581. The molecule has 1 amide bonds.